The van der Waals surface area contributed by atoms with Gasteiger partial charge in [0.15, 0.2) is 5.11 Å². The fourth-order valence-corrected chi connectivity index (χ4v) is 4.47. The van der Waals surface area contributed by atoms with Crippen LogP contribution < -0.4 is 5.32 Å². The molecule has 0 spiro atoms. The fraction of sp³-hybridized carbons (Fsp3) is 0.160. The average molecular weight is 426 g/mol. The third-order valence-electron chi connectivity index (χ3n) is 5.67. The van der Waals surface area contributed by atoms with Gasteiger partial charge in [-0.3, -0.25) is 9.97 Å². The van der Waals surface area contributed by atoms with E-state index in [0.717, 1.165) is 27.8 Å². The highest BCUT2D eigenvalue weighted by Crippen LogP contribution is 2.40. The molecule has 0 saturated carbocycles. The second-order valence-corrected chi connectivity index (χ2v) is 8.14. The van der Waals surface area contributed by atoms with Crippen molar-refractivity contribution in [3.63, 3.8) is 0 Å². The van der Waals surface area contributed by atoms with Crippen LogP contribution in [0.1, 0.15) is 34.6 Å². The van der Waals surface area contributed by atoms with Crippen molar-refractivity contribution in [3.05, 3.63) is 114 Å². The van der Waals surface area contributed by atoms with Crippen LogP contribution in [0.4, 0.5) is 0 Å². The van der Waals surface area contributed by atoms with Crippen molar-refractivity contribution >= 4 is 17.3 Å². The summed E-state index contributed by atoms with van der Waals surface area (Å²) in [6.45, 7) is 2.78. The van der Waals surface area contributed by atoms with E-state index in [2.05, 4.69) is 86.4 Å². The number of pyridine rings is 2. The summed E-state index contributed by atoms with van der Waals surface area (Å²) in [6.07, 6.45) is 7.63. The molecule has 5 rings (SSSR count). The zero-order chi connectivity index (χ0) is 21.2. The van der Waals surface area contributed by atoms with Gasteiger partial charge in [-0.05, 0) is 67.2 Å². The van der Waals surface area contributed by atoms with Gasteiger partial charge in [0.25, 0.3) is 0 Å². The first-order valence-corrected chi connectivity index (χ1v) is 10.7. The van der Waals surface area contributed by atoms with Gasteiger partial charge in [0.2, 0.25) is 0 Å². The van der Waals surface area contributed by atoms with Crippen molar-refractivity contribution in [1.29, 1.82) is 0 Å². The van der Waals surface area contributed by atoms with Crippen LogP contribution in [0.2, 0.25) is 0 Å². The normalized spacial score (nSPS) is 18.2. The first-order chi connectivity index (χ1) is 15.2. The lowest BCUT2D eigenvalue weighted by atomic mass is 10.0. The third-order valence-corrected chi connectivity index (χ3v) is 6.02. The summed E-state index contributed by atoms with van der Waals surface area (Å²) in [4.78, 5) is 11.2. The van der Waals surface area contributed by atoms with E-state index in [1.54, 1.807) is 6.20 Å². The van der Waals surface area contributed by atoms with Crippen LogP contribution in [0.3, 0.4) is 0 Å². The van der Waals surface area contributed by atoms with E-state index < -0.39 is 0 Å². The Hall–Kier alpha value is -3.51. The summed E-state index contributed by atoms with van der Waals surface area (Å²) in [5.74, 6) is 0. The molecule has 31 heavy (non-hydrogen) atoms. The van der Waals surface area contributed by atoms with Crippen molar-refractivity contribution in [3.8, 4) is 5.69 Å². The van der Waals surface area contributed by atoms with Gasteiger partial charge in [-0.25, -0.2) is 0 Å². The van der Waals surface area contributed by atoms with Crippen LogP contribution in [-0.4, -0.2) is 24.5 Å². The second-order valence-electron chi connectivity index (χ2n) is 7.75. The summed E-state index contributed by atoms with van der Waals surface area (Å²) in [5.41, 5.74) is 5.62. The van der Waals surface area contributed by atoms with Crippen LogP contribution in [0, 0.1) is 6.92 Å². The Labute approximate surface area is 187 Å². The molecule has 1 aliphatic heterocycles. The lowest BCUT2D eigenvalue weighted by Crippen LogP contribution is -2.30. The van der Waals surface area contributed by atoms with Crippen LogP contribution in [-0.2, 0) is 6.54 Å². The van der Waals surface area contributed by atoms with Gasteiger partial charge in [0, 0.05) is 42.7 Å². The predicted octanol–water partition coefficient (Wildman–Crippen LogP) is 4.75. The molecule has 1 N–H and O–H groups in total. The molecule has 1 aliphatic rings. The number of thiocarbonyl (C=S) groups is 1. The molecular weight excluding hydrogens is 402 g/mol. The van der Waals surface area contributed by atoms with Gasteiger partial charge in [-0.2, -0.15) is 0 Å². The van der Waals surface area contributed by atoms with Crippen molar-refractivity contribution < 1.29 is 0 Å². The molecule has 6 heteroatoms. The molecule has 0 aliphatic carbocycles. The van der Waals surface area contributed by atoms with Crippen molar-refractivity contribution in [2.75, 3.05) is 0 Å². The van der Waals surface area contributed by atoms with Gasteiger partial charge in [-0.15, -0.1) is 0 Å². The third kappa shape index (κ3) is 3.82. The molecule has 4 heterocycles. The Bertz CT molecular complexity index is 1170. The number of aromatic nitrogens is 3. The minimum Gasteiger partial charge on any atom is -0.352 e. The van der Waals surface area contributed by atoms with Crippen molar-refractivity contribution in [1.82, 2.24) is 24.8 Å². The van der Waals surface area contributed by atoms with E-state index in [1.165, 1.54) is 5.56 Å². The van der Waals surface area contributed by atoms with E-state index in [1.807, 2.05) is 30.6 Å². The average Bonchev–Trinajstić information content (AvgIpc) is 3.40. The minimum atomic E-state index is -0.0514. The standard InChI is InChI=1S/C25H23N5S/c1-18-9-11-20(12-10-18)29-15-5-8-22(29)24-23(21-7-2-3-14-27-21)28-25(31)30(24)17-19-6-4-13-26-16-19/h2-16,23-24H,17H2,1H3,(H,28,31)/t23-,24+/m0/s1. The molecule has 1 fully saturated rings. The van der Waals surface area contributed by atoms with Gasteiger partial charge in [-0.1, -0.05) is 29.8 Å². The molecule has 154 valence electrons. The van der Waals surface area contributed by atoms with E-state index in [4.69, 9.17) is 12.2 Å². The van der Waals surface area contributed by atoms with E-state index >= 15 is 0 Å². The molecule has 0 radical (unpaired) electrons. The zero-order valence-electron chi connectivity index (χ0n) is 17.2. The number of hydrogen-bond donors (Lipinski definition) is 1. The van der Waals surface area contributed by atoms with Crippen LogP contribution in [0.5, 0.6) is 0 Å². The first-order valence-electron chi connectivity index (χ1n) is 10.3. The maximum Gasteiger partial charge on any atom is 0.170 e. The highest BCUT2D eigenvalue weighted by Gasteiger charge is 2.41. The molecule has 5 nitrogen and oxygen atoms in total. The summed E-state index contributed by atoms with van der Waals surface area (Å²) in [5, 5.41) is 4.25. The fourth-order valence-electron chi connectivity index (χ4n) is 4.16. The van der Waals surface area contributed by atoms with Gasteiger partial charge < -0.3 is 14.8 Å². The summed E-state index contributed by atoms with van der Waals surface area (Å²) >= 11 is 5.80. The molecule has 4 aromatic rings. The van der Waals surface area contributed by atoms with Crippen LogP contribution >= 0.6 is 12.2 Å². The quantitative estimate of drug-likeness (QED) is 0.468. The Kier molecular flexibility index (Phi) is 5.22. The van der Waals surface area contributed by atoms with E-state index in [9.17, 15) is 0 Å². The molecule has 0 amide bonds. The second kappa shape index (κ2) is 8.32. The Morgan fingerprint density at radius 3 is 2.58 bits per heavy atom. The van der Waals surface area contributed by atoms with Crippen LogP contribution in [0.25, 0.3) is 5.69 Å². The molecule has 0 unspecified atom stereocenters. The first kappa shape index (κ1) is 19.5. The van der Waals surface area contributed by atoms with Gasteiger partial charge in [0.05, 0.1) is 17.8 Å². The molecule has 0 bridgehead atoms. The van der Waals surface area contributed by atoms with Crippen molar-refractivity contribution in [2.24, 2.45) is 0 Å². The lowest BCUT2D eigenvalue weighted by molar-refractivity contribution is 0.302. The molecule has 3 aromatic heterocycles. The monoisotopic (exact) mass is 425 g/mol. The number of nitrogens with one attached hydrogen (secondary N) is 1. The van der Waals surface area contributed by atoms with Gasteiger partial charge >= 0.3 is 0 Å². The Morgan fingerprint density at radius 2 is 1.84 bits per heavy atom. The summed E-state index contributed by atoms with van der Waals surface area (Å²) < 4.78 is 2.24. The van der Waals surface area contributed by atoms with E-state index in [0.29, 0.717) is 6.54 Å². The molecule has 1 saturated heterocycles. The van der Waals surface area contributed by atoms with E-state index in [-0.39, 0.29) is 12.1 Å². The Balaban J connectivity index is 1.60. The number of hydrogen-bond acceptors (Lipinski definition) is 3. The predicted molar refractivity (Wildman–Crippen MR) is 126 cm³/mol. The van der Waals surface area contributed by atoms with Gasteiger partial charge in [0.1, 0.15) is 0 Å². The van der Waals surface area contributed by atoms with Crippen molar-refractivity contribution in [2.45, 2.75) is 25.6 Å². The maximum absolute atomic E-state index is 5.80. The highest BCUT2D eigenvalue weighted by molar-refractivity contribution is 7.80. The number of nitrogens with zero attached hydrogens (tertiary/aromatic N) is 4. The maximum atomic E-state index is 5.80. The Morgan fingerprint density at radius 1 is 0.968 bits per heavy atom. The molecular formula is C25H23N5S. The SMILES string of the molecule is Cc1ccc(-n2cccc2[C@@H]2[C@H](c3ccccn3)NC(=S)N2Cc2cccnc2)cc1. The zero-order valence-corrected chi connectivity index (χ0v) is 18.0. The smallest absolute Gasteiger partial charge is 0.170 e. The number of benzene rings is 1. The molecule has 2 atom stereocenters. The topological polar surface area (TPSA) is 46.0 Å². The number of rotatable bonds is 5. The summed E-state index contributed by atoms with van der Waals surface area (Å²) in [7, 11) is 0. The molecule has 1 aromatic carbocycles. The highest BCUT2D eigenvalue weighted by atomic mass is 32.1. The largest absolute Gasteiger partial charge is 0.352 e. The summed E-state index contributed by atoms with van der Waals surface area (Å²) in [6, 6.07) is 22.8. The lowest BCUT2D eigenvalue weighted by Gasteiger charge is -2.29. The van der Waals surface area contributed by atoms with Crippen LogP contribution in [0.15, 0.2) is 91.5 Å². The minimum absolute atomic E-state index is 0.0149. The number of aryl methyl sites for hydroxylation is 1.